The second-order valence-corrected chi connectivity index (χ2v) is 8.88. The van der Waals surface area contributed by atoms with Crippen molar-refractivity contribution in [3.63, 3.8) is 0 Å². The van der Waals surface area contributed by atoms with Crippen LogP contribution in [0.15, 0.2) is 42.5 Å². The number of aryl methyl sites for hydroxylation is 2. The summed E-state index contributed by atoms with van der Waals surface area (Å²) in [5.41, 5.74) is 3.50. The van der Waals surface area contributed by atoms with E-state index in [1.165, 1.54) is 31.2 Å². The molecule has 1 N–H and O–H groups in total. The third-order valence-electron chi connectivity index (χ3n) is 4.83. The molecule has 0 fully saturated rings. The molecule has 0 aliphatic rings. The van der Waals surface area contributed by atoms with Crippen LogP contribution in [0, 0.1) is 19.7 Å². The van der Waals surface area contributed by atoms with Crippen LogP contribution in [0.5, 0.6) is 0 Å². The van der Waals surface area contributed by atoms with E-state index in [4.69, 9.17) is 0 Å². The van der Waals surface area contributed by atoms with E-state index in [1.54, 1.807) is 0 Å². The highest BCUT2D eigenvalue weighted by Crippen LogP contribution is 2.23. The molecule has 0 aromatic heterocycles. The smallest absolute Gasteiger partial charge is 0.244 e. The van der Waals surface area contributed by atoms with Crippen molar-refractivity contribution in [1.82, 2.24) is 5.32 Å². The molecule has 2 aromatic carbocycles. The minimum Gasteiger partial charge on any atom is -0.347 e. The van der Waals surface area contributed by atoms with E-state index in [0.29, 0.717) is 6.42 Å². The maximum absolute atomic E-state index is 13.2. The summed E-state index contributed by atoms with van der Waals surface area (Å²) in [4.78, 5) is 12.9. The van der Waals surface area contributed by atoms with Gasteiger partial charge >= 0.3 is 0 Å². The lowest BCUT2D eigenvalue weighted by atomic mass is 9.99. The Balaban J connectivity index is 2.28. The third-order valence-corrected chi connectivity index (χ3v) is 6.07. The Bertz CT molecular complexity index is 943. The monoisotopic (exact) mass is 406 g/mol. The zero-order chi connectivity index (χ0) is 21.1. The Labute approximate surface area is 166 Å². The Morgan fingerprint density at radius 1 is 1.11 bits per heavy atom. The minimum atomic E-state index is -3.74. The number of hydrogen-bond acceptors (Lipinski definition) is 3. The maximum atomic E-state index is 13.2. The highest BCUT2D eigenvalue weighted by atomic mass is 32.2. The van der Waals surface area contributed by atoms with Crippen LogP contribution in [0.25, 0.3) is 0 Å². The van der Waals surface area contributed by atoms with Crippen molar-refractivity contribution in [2.75, 3.05) is 10.6 Å². The van der Waals surface area contributed by atoms with E-state index in [9.17, 15) is 17.6 Å². The van der Waals surface area contributed by atoms with Crippen molar-refractivity contribution in [1.29, 1.82) is 0 Å². The molecule has 5 nitrogen and oxygen atoms in total. The molecule has 152 valence electrons. The molecule has 1 amide bonds. The van der Waals surface area contributed by atoms with Gasteiger partial charge in [-0.15, -0.1) is 0 Å². The molecule has 0 spiro atoms. The number of halogens is 1. The van der Waals surface area contributed by atoms with Crippen molar-refractivity contribution < 1.29 is 17.6 Å². The fourth-order valence-electron chi connectivity index (χ4n) is 3.09. The van der Waals surface area contributed by atoms with Gasteiger partial charge in [-0.2, -0.15) is 0 Å². The molecule has 0 heterocycles. The van der Waals surface area contributed by atoms with Crippen LogP contribution in [-0.4, -0.2) is 26.6 Å². The van der Waals surface area contributed by atoms with Gasteiger partial charge in [0.2, 0.25) is 15.9 Å². The molecule has 0 unspecified atom stereocenters. The van der Waals surface area contributed by atoms with Gasteiger partial charge in [-0.25, -0.2) is 12.8 Å². The number of sulfonamides is 1. The summed E-state index contributed by atoms with van der Waals surface area (Å²) >= 11 is 0. The number of carbonyl (C=O) groups is 1. The molecule has 0 saturated heterocycles. The number of nitrogens with one attached hydrogen (secondary N) is 1. The summed E-state index contributed by atoms with van der Waals surface area (Å²) < 4.78 is 38.9. The van der Waals surface area contributed by atoms with Gasteiger partial charge in [0.05, 0.1) is 18.0 Å². The van der Waals surface area contributed by atoms with Crippen molar-refractivity contribution in [2.24, 2.45) is 0 Å². The first-order valence-corrected chi connectivity index (χ1v) is 11.0. The molecule has 0 saturated carbocycles. The second kappa shape index (κ2) is 8.73. The van der Waals surface area contributed by atoms with Gasteiger partial charge in [0, 0.05) is 0 Å². The fraction of sp³-hybridized carbons (Fsp3) is 0.381. The largest absolute Gasteiger partial charge is 0.347 e. The molecule has 7 heteroatoms. The number of nitrogens with zero attached hydrogens (tertiary/aromatic N) is 1. The Morgan fingerprint density at radius 3 is 2.21 bits per heavy atom. The normalized spacial score (nSPS) is 13.6. The first-order valence-electron chi connectivity index (χ1n) is 9.17. The Kier molecular flexibility index (Phi) is 6.82. The van der Waals surface area contributed by atoms with E-state index >= 15 is 0 Å². The molecular formula is C21H27FN2O3S. The first-order chi connectivity index (χ1) is 13.0. The van der Waals surface area contributed by atoms with Gasteiger partial charge in [0.15, 0.2) is 0 Å². The fourth-order valence-corrected chi connectivity index (χ4v) is 4.27. The predicted molar refractivity (Wildman–Crippen MR) is 110 cm³/mol. The van der Waals surface area contributed by atoms with E-state index < -0.39 is 27.8 Å². The highest BCUT2D eigenvalue weighted by molar-refractivity contribution is 7.92. The van der Waals surface area contributed by atoms with Gasteiger partial charge in [0.25, 0.3) is 0 Å². The molecule has 2 atom stereocenters. The van der Waals surface area contributed by atoms with Crippen LogP contribution in [0.4, 0.5) is 10.1 Å². The summed E-state index contributed by atoms with van der Waals surface area (Å²) in [7, 11) is -3.74. The average molecular weight is 407 g/mol. The molecule has 0 radical (unpaired) electrons. The second-order valence-electron chi connectivity index (χ2n) is 7.02. The third kappa shape index (κ3) is 5.10. The predicted octanol–water partition coefficient (Wildman–Crippen LogP) is 3.86. The summed E-state index contributed by atoms with van der Waals surface area (Å²) in [6.45, 7) is 7.51. The van der Waals surface area contributed by atoms with Gasteiger partial charge in [-0.3, -0.25) is 9.10 Å². The summed E-state index contributed by atoms with van der Waals surface area (Å²) in [6.07, 6.45) is 1.69. The summed E-state index contributed by atoms with van der Waals surface area (Å²) in [5, 5.41) is 2.94. The quantitative estimate of drug-likeness (QED) is 0.759. The molecule has 0 aliphatic heterocycles. The van der Waals surface area contributed by atoms with Gasteiger partial charge in [0.1, 0.15) is 11.9 Å². The topological polar surface area (TPSA) is 66.5 Å². The van der Waals surface area contributed by atoms with E-state index in [1.807, 2.05) is 39.0 Å². The highest BCUT2D eigenvalue weighted by Gasteiger charge is 2.30. The van der Waals surface area contributed by atoms with Gasteiger partial charge in [-0.1, -0.05) is 25.1 Å². The van der Waals surface area contributed by atoms with Crippen LogP contribution in [-0.2, 0) is 14.8 Å². The Morgan fingerprint density at radius 2 is 1.71 bits per heavy atom. The molecule has 28 heavy (non-hydrogen) atoms. The lowest BCUT2D eigenvalue weighted by Crippen LogP contribution is -2.48. The average Bonchev–Trinajstić information content (AvgIpc) is 2.62. The van der Waals surface area contributed by atoms with E-state index in [-0.39, 0.29) is 11.7 Å². The molecule has 0 aliphatic carbocycles. The number of rotatable bonds is 7. The van der Waals surface area contributed by atoms with Crippen LogP contribution >= 0.6 is 0 Å². The molecule has 2 aromatic rings. The van der Waals surface area contributed by atoms with Gasteiger partial charge in [-0.05, 0) is 68.1 Å². The zero-order valence-corrected chi connectivity index (χ0v) is 17.7. The number of carbonyl (C=O) groups excluding carboxylic acids is 1. The molecule has 0 bridgehead atoms. The van der Waals surface area contributed by atoms with Crippen LogP contribution in [0.3, 0.4) is 0 Å². The van der Waals surface area contributed by atoms with Crippen molar-refractivity contribution in [3.05, 3.63) is 65.0 Å². The van der Waals surface area contributed by atoms with Crippen LogP contribution in [0.2, 0.25) is 0 Å². The molecular weight excluding hydrogens is 379 g/mol. The lowest BCUT2D eigenvalue weighted by molar-refractivity contribution is -0.122. The van der Waals surface area contributed by atoms with Crippen molar-refractivity contribution in [3.8, 4) is 0 Å². The lowest BCUT2D eigenvalue weighted by Gasteiger charge is -2.30. The molecule has 2 rings (SSSR count). The first kappa shape index (κ1) is 21.9. The summed E-state index contributed by atoms with van der Waals surface area (Å²) in [5.74, 6) is -0.894. The number of anilines is 1. The number of amides is 1. The maximum Gasteiger partial charge on any atom is 0.244 e. The van der Waals surface area contributed by atoms with Crippen molar-refractivity contribution in [2.45, 2.75) is 46.2 Å². The summed E-state index contributed by atoms with van der Waals surface area (Å²) in [6, 6.07) is 9.82. The number of hydrogen-bond donors (Lipinski definition) is 1. The van der Waals surface area contributed by atoms with Crippen LogP contribution < -0.4 is 9.62 Å². The van der Waals surface area contributed by atoms with Gasteiger partial charge < -0.3 is 5.32 Å². The van der Waals surface area contributed by atoms with E-state index in [2.05, 4.69) is 5.32 Å². The standard InChI is InChI=1S/C21H27FN2O3S/c1-6-20(17-8-7-14(2)15(3)13-17)23-21(25)16(4)24(28(5,26)27)19-11-9-18(22)10-12-19/h7-13,16,20H,6H2,1-5H3,(H,23,25)/t16-,20+/m1/s1. The van der Waals surface area contributed by atoms with Crippen molar-refractivity contribution >= 4 is 21.6 Å². The SMILES string of the molecule is CC[C@H](NC(=O)[C@@H](C)N(c1ccc(F)cc1)S(C)(=O)=O)c1ccc(C)c(C)c1. The van der Waals surface area contributed by atoms with E-state index in [0.717, 1.165) is 27.3 Å². The zero-order valence-electron chi connectivity index (χ0n) is 16.9. The minimum absolute atomic E-state index is 0.233. The number of benzene rings is 2. The Hall–Kier alpha value is -2.41. The van der Waals surface area contributed by atoms with Crippen LogP contribution in [0.1, 0.15) is 43.0 Å².